The molecule has 0 bridgehead atoms. The van der Waals surface area contributed by atoms with Crippen molar-refractivity contribution >= 4 is 5.95 Å². The molecule has 0 unspecified atom stereocenters. The molecule has 3 heterocycles. The Morgan fingerprint density at radius 2 is 2.06 bits per heavy atom. The Morgan fingerprint density at radius 1 is 1.25 bits per heavy atom. The molecular formula is C11H16N4O. The SMILES string of the molecule is O=c1[nH]c(N2CCCC2)nc2c1CCNC2. The summed E-state index contributed by atoms with van der Waals surface area (Å²) in [5.41, 5.74) is 1.84. The fraction of sp³-hybridized carbons (Fsp3) is 0.636. The molecule has 16 heavy (non-hydrogen) atoms. The third-order valence-corrected chi connectivity index (χ3v) is 3.34. The van der Waals surface area contributed by atoms with Crippen molar-refractivity contribution in [2.24, 2.45) is 0 Å². The average Bonchev–Trinajstić information content (AvgIpc) is 2.82. The summed E-state index contributed by atoms with van der Waals surface area (Å²) in [6.07, 6.45) is 3.18. The average molecular weight is 220 g/mol. The highest BCUT2D eigenvalue weighted by atomic mass is 16.1. The van der Waals surface area contributed by atoms with Gasteiger partial charge >= 0.3 is 0 Å². The first kappa shape index (κ1) is 9.84. The Hall–Kier alpha value is -1.36. The topological polar surface area (TPSA) is 61.0 Å². The fourth-order valence-electron chi connectivity index (χ4n) is 2.43. The predicted octanol–water partition coefficient (Wildman–Crippen LogP) is 0.0158. The minimum atomic E-state index is 0.0494. The summed E-state index contributed by atoms with van der Waals surface area (Å²) in [5.74, 6) is 0.755. The summed E-state index contributed by atoms with van der Waals surface area (Å²) in [7, 11) is 0. The van der Waals surface area contributed by atoms with E-state index < -0.39 is 0 Å². The van der Waals surface area contributed by atoms with Crippen LogP contribution in [0.5, 0.6) is 0 Å². The van der Waals surface area contributed by atoms with Crippen LogP contribution in [0.3, 0.4) is 0 Å². The van der Waals surface area contributed by atoms with Gasteiger partial charge in [0.15, 0.2) is 0 Å². The number of hydrogen-bond donors (Lipinski definition) is 2. The smallest absolute Gasteiger partial charge is 0.255 e. The summed E-state index contributed by atoms with van der Waals surface area (Å²) in [5, 5.41) is 3.25. The van der Waals surface area contributed by atoms with Crippen molar-refractivity contribution in [2.75, 3.05) is 24.5 Å². The van der Waals surface area contributed by atoms with Gasteiger partial charge in [-0.05, 0) is 25.8 Å². The van der Waals surface area contributed by atoms with E-state index in [1.807, 2.05) is 0 Å². The Labute approximate surface area is 93.9 Å². The van der Waals surface area contributed by atoms with Gasteiger partial charge in [-0.25, -0.2) is 4.98 Å². The quantitative estimate of drug-likeness (QED) is 0.700. The van der Waals surface area contributed by atoms with Crippen molar-refractivity contribution in [2.45, 2.75) is 25.8 Å². The molecule has 0 spiro atoms. The summed E-state index contributed by atoms with van der Waals surface area (Å²) >= 11 is 0. The molecule has 1 fully saturated rings. The van der Waals surface area contributed by atoms with E-state index in [2.05, 4.69) is 20.2 Å². The zero-order valence-corrected chi connectivity index (χ0v) is 9.25. The monoisotopic (exact) mass is 220 g/mol. The van der Waals surface area contributed by atoms with Crippen LogP contribution in [0.1, 0.15) is 24.1 Å². The molecule has 0 radical (unpaired) electrons. The van der Waals surface area contributed by atoms with Crippen molar-refractivity contribution in [1.82, 2.24) is 15.3 Å². The van der Waals surface area contributed by atoms with E-state index in [0.717, 1.165) is 49.8 Å². The van der Waals surface area contributed by atoms with Gasteiger partial charge in [-0.2, -0.15) is 0 Å². The molecule has 2 aliphatic heterocycles. The van der Waals surface area contributed by atoms with E-state index in [1.54, 1.807) is 0 Å². The van der Waals surface area contributed by atoms with Crippen LogP contribution in [0.4, 0.5) is 5.95 Å². The van der Waals surface area contributed by atoms with Crippen LogP contribution >= 0.6 is 0 Å². The van der Waals surface area contributed by atoms with Crippen LogP contribution in [-0.2, 0) is 13.0 Å². The Morgan fingerprint density at radius 3 is 2.88 bits per heavy atom. The van der Waals surface area contributed by atoms with Gasteiger partial charge in [0.25, 0.3) is 5.56 Å². The van der Waals surface area contributed by atoms with Crippen LogP contribution in [0.25, 0.3) is 0 Å². The van der Waals surface area contributed by atoms with E-state index >= 15 is 0 Å². The largest absolute Gasteiger partial charge is 0.342 e. The third-order valence-electron chi connectivity index (χ3n) is 3.34. The molecule has 0 amide bonds. The fourth-order valence-corrected chi connectivity index (χ4v) is 2.43. The number of H-pyrrole nitrogens is 1. The number of rotatable bonds is 1. The molecule has 0 aromatic carbocycles. The second-order valence-corrected chi connectivity index (χ2v) is 4.44. The maximum atomic E-state index is 11.9. The molecule has 2 aliphatic rings. The Kier molecular flexibility index (Phi) is 2.40. The number of nitrogens with zero attached hydrogens (tertiary/aromatic N) is 2. The van der Waals surface area contributed by atoms with Crippen molar-refractivity contribution in [1.29, 1.82) is 0 Å². The van der Waals surface area contributed by atoms with Gasteiger partial charge in [-0.15, -0.1) is 0 Å². The van der Waals surface area contributed by atoms with Gasteiger partial charge < -0.3 is 10.2 Å². The zero-order valence-electron chi connectivity index (χ0n) is 9.25. The lowest BCUT2D eigenvalue weighted by molar-refractivity contribution is 0.616. The summed E-state index contributed by atoms with van der Waals surface area (Å²) < 4.78 is 0. The highest BCUT2D eigenvalue weighted by Gasteiger charge is 2.19. The van der Waals surface area contributed by atoms with E-state index in [1.165, 1.54) is 12.8 Å². The molecule has 86 valence electrons. The van der Waals surface area contributed by atoms with Crippen molar-refractivity contribution in [3.05, 3.63) is 21.6 Å². The van der Waals surface area contributed by atoms with E-state index in [-0.39, 0.29) is 5.56 Å². The maximum Gasteiger partial charge on any atom is 0.255 e. The standard InChI is InChI=1S/C11H16N4O/c16-10-8-3-4-12-7-9(8)13-11(14-10)15-5-1-2-6-15/h12H,1-7H2,(H,13,14,16). The van der Waals surface area contributed by atoms with Gasteiger partial charge in [0.1, 0.15) is 0 Å². The lowest BCUT2D eigenvalue weighted by Gasteiger charge is -2.20. The molecule has 1 aromatic rings. The first-order valence-electron chi connectivity index (χ1n) is 5.92. The highest BCUT2D eigenvalue weighted by molar-refractivity contribution is 5.35. The lowest BCUT2D eigenvalue weighted by Crippen LogP contribution is -2.33. The van der Waals surface area contributed by atoms with Crippen molar-refractivity contribution in [3.63, 3.8) is 0 Å². The normalized spacial score (nSPS) is 19.9. The van der Waals surface area contributed by atoms with Crippen LogP contribution in [0, 0.1) is 0 Å². The van der Waals surface area contributed by atoms with E-state index in [4.69, 9.17) is 0 Å². The lowest BCUT2D eigenvalue weighted by atomic mass is 10.1. The van der Waals surface area contributed by atoms with E-state index in [9.17, 15) is 4.79 Å². The molecule has 0 aliphatic carbocycles. The second kappa shape index (κ2) is 3.90. The first-order valence-corrected chi connectivity index (χ1v) is 5.92. The molecule has 0 atom stereocenters. The minimum absolute atomic E-state index is 0.0494. The molecule has 3 rings (SSSR count). The molecule has 2 N–H and O–H groups in total. The number of hydrogen-bond acceptors (Lipinski definition) is 4. The van der Waals surface area contributed by atoms with Crippen LogP contribution in [-0.4, -0.2) is 29.6 Å². The highest BCUT2D eigenvalue weighted by Crippen LogP contribution is 2.16. The molecule has 1 aromatic heterocycles. The molecule has 1 saturated heterocycles. The summed E-state index contributed by atoms with van der Waals surface area (Å²) in [4.78, 5) is 21.5. The number of aromatic amines is 1. The molecule has 5 nitrogen and oxygen atoms in total. The van der Waals surface area contributed by atoms with E-state index in [0.29, 0.717) is 0 Å². The van der Waals surface area contributed by atoms with Crippen LogP contribution < -0.4 is 15.8 Å². The third kappa shape index (κ3) is 1.61. The predicted molar refractivity (Wildman–Crippen MR) is 61.7 cm³/mol. The second-order valence-electron chi connectivity index (χ2n) is 4.44. The number of anilines is 1. The Balaban J connectivity index is 2.01. The number of aromatic nitrogens is 2. The zero-order chi connectivity index (χ0) is 11.0. The van der Waals surface area contributed by atoms with Gasteiger partial charge in [0.05, 0.1) is 5.69 Å². The number of nitrogens with one attached hydrogen (secondary N) is 2. The maximum absolute atomic E-state index is 11.9. The summed E-state index contributed by atoms with van der Waals surface area (Å²) in [6.45, 7) is 3.62. The van der Waals surface area contributed by atoms with Crippen molar-refractivity contribution < 1.29 is 0 Å². The first-order chi connectivity index (χ1) is 7.84. The van der Waals surface area contributed by atoms with Gasteiger partial charge in [-0.3, -0.25) is 9.78 Å². The van der Waals surface area contributed by atoms with Crippen LogP contribution in [0.15, 0.2) is 4.79 Å². The van der Waals surface area contributed by atoms with Gasteiger partial charge in [0, 0.05) is 25.2 Å². The van der Waals surface area contributed by atoms with Crippen LogP contribution in [0.2, 0.25) is 0 Å². The molecular weight excluding hydrogens is 204 g/mol. The summed E-state index contributed by atoms with van der Waals surface area (Å²) in [6, 6.07) is 0. The number of fused-ring (bicyclic) bond motifs is 1. The van der Waals surface area contributed by atoms with Gasteiger partial charge in [-0.1, -0.05) is 0 Å². The molecule has 0 saturated carbocycles. The Bertz CT molecular complexity index is 448. The van der Waals surface area contributed by atoms with Gasteiger partial charge in [0.2, 0.25) is 5.95 Å². The minimum Gasteiger partial charge on any atom is -0.342 e. The van der Waals surface area contributed by atoms with Crippen molar-refractivity contribution in [3.8, 4) is 0 Å². The molecule has 5 heteroatoms.